The van der Waals surface area contributed by atoms with E-state index in [1.54, 1.807) is 60.7 Å². The third-order valence-corrected chi connectivity index (χ3v) is 5.08. The van der Waals surface area contributed by atoms with Crippen LogP contribution >= 0.6 is 23.2 Å². The van der Waals surface area contributed by atoms with Gasteiger partial charge in [-0.05, 0) is 42.5 Å². The van der Waals surface area contributed by atoms with Crippen LogP contribution in [0.25, 0.3) is 0 Å². The molecule has 4 rings (SSSR count). The van der Waals surface area contributed by atoms with Gasteiger partial charge in [-0.25, -0.2) is 4.79 Å². The summed E-state index contributed by atoms with van der Waals surface area (Å²) in [5, 5.41) is 1.02. The molecule has 30 heavy (non-hydrogen) atoms. The smallest absolute Gasteiger partial charge is 0.339 e. The van der Waals surface area contributed by atoms with Crippen molar-refractivity contribution in [3.8, 4) is 5.75 Å². The second-order valence-corrected chi connectivity index (χ2v) is 7.49. The molecule has 3 aromatic rings. The molecule has 7 heteroatoms. The van der Waals surface area contributed by atoms with Gasteiger partial charge in [-0.2, -0.15) is 0 Å². The van der Waals surface area contributed by atoms with Gasteiger partial charge in [-0.15, -0.1) is 0 Å². The molecule has 0 spiro atoms. The Morgan fingerprint density at radius 3 is 2.43 bits per heavy atom. The Balaban J connectivity index is 1.56. The highest BCUT2D eigenvalue weighted by molar-refractivity contribution is 6.31. The number of esters is 1. The predicted octanol–water partition coefficient (Wildman–Crippen LogP) is 5.45. The van der Waals surface area contributed by atoms with E-state index in [9.17, 15) is 9.59 Å². The Kier molecular flexibility index (Phi) is 6.04. The SMILES string of the molecule is O=C(OCc1cc(Cl)cc2c1OCOC2)c1ccccc1C(=O)c1ccc(Cl)cc1. The molecule has 0 aromatic heterocycles. The highest BCUT2D eigenvalue weighted by Crippen LogP contribution is 2.32. The number of rotatable bonds is 5. The van der Waals surface area contributed by atoms with E-state index in [1.165, 1.54) is 0 Å². The van der Waals surface area contributed by atoms with Crippen molar-refractivity contribution < 1.29 is 23.8 Å². The molecule has 0 aliphatic carbocycles. The molecule has 152 valence electrons. The molecule has 0 radical (unpaired) electrons. The molecule has 0 fully saturated rings. The summed E-state index contributed by atoms with van der Waals surface area (Å²) in [5.74, 6) is -0.308. The summed E-state index contributed by atoms with van der Waals surface area (Å²) in [4.78, 5) is 25.7. The highest BCUT2D eigenvalue weighted by Gasteiger charge is 2.21. The van der Waals surface area contributed by atoms with Crippen molar-refractivity contribution in [2.45, 2.75) is 13.2 Å². The number of hydrogen-bond donors (Lipinski definition) is 0. The lowest BCUT2D eigenvalue weighted by molar-refractivity contribution is -0.0180. The molecule has 1 aliphatic heterocycles. The van der Waals surface area contributed by atoms with E-state index in [0.29, 0.717) is 33.5 Å². The lowest BCUT2D eigenvalue weighted by Crippen LogP contribution is -2.15. The normalized spacial score (nSPS) is 12.6. The molecule has 1 heterocycles. The van der Waals surface area contributed by atoms with E-state index in [4.69, 9.17) is 37.4 Å². The number of carbonyl (C=O) groups excluding carboxylic acids is 2. The largest absolute Gasteiger partial charge is 0.467 e. The second-order valence-electron chi connectivity index (χ2n) is 6.62. The zero-order chi connectivity index (χ0) is 21.1. The molecule has 0 N–H and O–H groups in total. The molecular formula is C23H16Cl2O5. The van der Waals surface area contributed by atoms with Gasteiger partial charge < -0.3 is 14.2 Å². The van der Waals surface area contributed by atoms with Crippen LogP contribution in [-0.4, -0.2) is 18.5 Å². The first-order valence-corrected chi connectivity index (χ1v) is 9.87. The molecule has 3 aromatic carbocycles. The maximum Gasteiger partial charge on any atom is 0.339 e. The molecule has 0 amide bonds. The Hall–Kier alpha value is -2.86. The van der Waals surface area contributed by atoms with Gasteiger partial charge in [0.1, 0.15) is 12.4 Å². The van der Waals surface area contributed by atoms with Crippen LogP contribution in [0.2, 0.25) is 10.0 Å². The molecule has 0 saturated carbocycles. The number of carbonyl (C=O) groups is 2. The van der Waals surface area contributed by atoms with Crippen LogP contribution in [0.3, 0.4) is 0 Å². The predicted molar refractivity (Wildman–Crippen MR) is 112 cm³/mol. The van der Waals surface area contributed by atoms with Crippen molar-refractivity contribution in [3.63, 3.8) is 0 Å². The summed E-state index contributed by atoms with van der Waals surface area (Å²) in [6.45, 7) is 0.439. The number of ether oxygens (including phenoxy) is 3. The van der Waals surface area contributed by atoms with Gasteiger partial charge in [-0.3, -0.25) is 4.79 Å². The maximum absolute atomic E-state index is 12.9. The number of benzene rings is 3. The van der Waals surface area contributed by atoms with Gasteiger partial charge in [-0.1, -0.05) is 41.4 Å². The molecule has 1 aliphatic rings. The average molecular weight is 443 g/mol. The molecule has 0 atom stereocenters. The third-order valence-electron chi connectivity index (χ3n) is 4.61. The first-order valence-electron chi connectivity index (χ1n) is 9.11. The van der Waals surface area contributed by atoms with Crippen molar-refractivity contribution >= 4 is 35.0 Å². The number of halogens is 2. The van der Waals surface area contributed by atoms with Crippen LogP contribution in [0.15, 0.2) is 60.7 Å². The first-order chi connectivity index (χ1) is 14.5. The average Bonchev–Trinajstić information content (AvgIpc) is 2.77. The molecule has 0 bridgehead atoms. The fourth-order valence-corrected chi connectivity index (χ4v) is 3.59. The summed E-state index contributed by atoms with van der Waals surface area (Å²) >= 11 is 12.0. The van der Waals surface area contributed by atoms with Gasteiger partial charge in [0.05, 0.1) is 12.2 Å². The Morgan fingerprint density at radius 2 is 1.67 bits per heavy atom. The van der Waals surface area contributed by atoms with Crippen molar-refractivity contribution in [3.05, 3.63) is 98.5 Å². The topological polar surface area (TPSA) is 61.8 Å². The van der Waals surface area contributed by atoms with Crippen LogP contribution in [-0.2, 0) is 22.7 Å². The zero-order valence-corrected chi connectivity index (χ0v) is 17.2. The quantitative estimate of drug-likeness (QED) is 0.388. The Morgan fingerprint density at radius 1 is 0.933 bits per heavy atom. The zero-order valence-electron chi connectivity index (χ0n) is 15.7. The van der Waals surface area contributed by atoms with Crippen LogP contribution in [0.1, 0.15) is 37.4 Å². The fraction of sp³-hybridized carbons (Fsp3) is 0.130. The van der Waals surface area contributed by atoms with Gasteiger partial charge in [0, 0.05) is 32.3 Å². The van der Waals surface area contributed by atoms with Crippen molar-refractivity contribution in [2.75, 3.05) is 6.79 Å². The number of fused-ring (bicyclic) bond motifs is 1. The Bertz CT molecular complexity index is 1110. The lowest BCUT2D eigenvalue weighted by atomic mass is 9.98. The summed E-state index contributed by atoms with van der Waals surface area (Å²) in [5.41, 5.74) is 2.28. The van der Waals surface area contributed by atoms with Gasteiger partial charge in [0.25, 0.3) is 0 Å². The van der Waals surface area contributed by atoms with Crippen LogP contribution < -0.4 is 4.74 Å². The minimum Gasteiger partial charge on any atom is -0.467 e. The monoisotopic (exact) mass is 442 g/mol. The van der Waals surface area contributed by atoms with Gasteiger partial charge >= 0.3 is 5.97 Å². The second kappa shape index (κ2) is 8.88. The lowest BCUT2D eigenvalue weighted by Gasteiger charge is -2.21. The van der Waals surface area contributed by atoms with Crippen LogP contribution in [0.4, 0.5) is 0 Å². The minimum absolute atomic E-state index is 0.0504. The fourth-order valence-electron chi connectivity index (χ4n) is 3.20. The van der Waals surface area contributed by atoms with E-state index in [1.807, 2.05) is 0 Å². The molecule has 0 unspecified atom stereocenters. The van der Waals surface area contributed by atoms with E-state index < -0.39 is 5.97 Å². The number of hydrogen-bond acceptors (Lipinski definition) is 5. The van der Waals surface area contributed by atoms with E-state index in [2.05, 4.69) is 0 Å². The van der Waals surface area contributed by atoms with E-state index >= 15 is 0 Å². The summed E-state index contributed by atoms with van der Waals surface area (Å²) in [6, 6.07) is 16.4. The molecular weight excluding hydrogens is 427 g/mol. The summed E-state index contributed by atoms with van der Waals surface area (Å²) < 4.78 is 16.3. The highest BCUT2D eigenvalue weighted by atomic mass is 35.5. The summed E-state index contributed by atoms with van der Waals surface area (Å²) in [6.07, 6.45) is 0. The van der Waals surface area contributed by atoms with Gasteiger partial charge in [0.15, 0.2) is 12.6 Å². The molecule has 0 saturated heterocycles. The van der Waals surface area contributed by atoms with Crippen molar-refractivity contribution in [1.29, 1.82) is 0 Å². The maximum atomic E-state index is 12.9. The minimum atomic E-state index is -0.617. The third kappa shape index (κ3) is 4.33. The van der Waals surface area contributed by atoms with E-state index in [0.717, 1.165) is 5.56 Å². The summed E-state index contributed by atoms with van der Waals surface area (Å²) in [7, 11) is 0. The van der Waals surface area contributed by atoms with Gasteiger partial charge in [0.2, 0.25) is 0 Å². The Labute approximate surface area is 183 Å². The van der Waals surface area contributed by atoms with Crippen molar-refractivity contribution in [2.24, 2.45) is 0 Å². The van der Waals surface area contributed by atoms with Crippen LogP contribution in [0, 0.1) is 0 Å². The first kappa shape index (κ1) is 20.4. The van der Waals surface area contributed by atoms with E-state index in [-0.39, 0.29) is 30.3 Å². The number of ketones is 1. The molecule has 5 nitrogen and oxygen atoms in total. The van der Waals surface area contributed by atoms with Crippen molar-refractivity contribution in [1.82, 2.24) is 0 Å². The standard InChI is InChI=1S/C23H16Cl2O5/c24-17-7-5-14(6-8-17)21(26)19-3-1-2-4-20(19)23(27)29-12-16-10-18(25)9-15-11-28-13-30-22(15)16/h1-10H,11-13H2. The van der Waals surface area contributed by atoms with Crippen LogP contribution in [0.5, 0.6) is 5.75 Å².